The summed E-state index contributed by atoms with van der Waals surface area (Å²) < 4.78 is 5.76. The second-order valence-electron chi connectivity index (χ2n) is 17.7. The van der Waals surface area contributed by atoms with E-state index in [1.54, 1.807) is 0 Å². The maximum atomic E-state index is 5.76. The summed E-state index contributed by atoms with van der Waals surface area (Å²) >= 11 is 0. The van der Waals surface area contributed by atoms with Gasteiger partial charge in [-0.2, -0.15) is 0 Å². The maximum absolute atomic E-state index is 5.76. The van der Waals surface area contributed by atoms with Crippen molar-refractivity contribution in [3.05, 3.63) is 300 Å². The molecule has 0 aliphatic heterocycles. The van der Waals surface area contributed by atoms with Crippen LogP contribution >= 0.6 is 0 Å². The van der Waals surface area contributed by atoms with Crippen molar-refractivity contribution in [1.29, 1.82) is 0 Å². The van der Waals surface area contributed by atoms with Crippen LogP contribution in [0.3, 0.4) is 0 Å². The van der Waals surface area contributed by atoms with Gasteiger partial charge in [0.1, 0.15) is 11.2 Å². The minimum Gasteiger partial charge on any atom is -0.456 e. The molecular weight excluding hydrogens is 965 g/mol. The summed E-state index contributed by atoms with van der Waals surface area (Å²) in [6.07, 6.45) is 0. The van der Waals surface area contributed by atoms with Crippen LogP contribution in [-0.2, 0) is 5.41 Å². The monoisotopic (exact) mass is 1050 g/mol. The molecule has 0 saturated heterocycles. The van der Waals surface area contributed by atoms with E-state index in [1.807, 2.05) is 95.2 Å². The van der Waals surface area contributed by atoms with Gasteiger partial charge in [-0.3, -0.25) is 0 Å². The standard InChI is InChI=1S/C25H18.C14H12O.2C14H10.6C2H6/c1-3-11-19(12-4-1)25(20-13-5-2-6-14-20)23-17-9-7-15-21(23)22-16-8-10-18-24(22)25;1-9-3-5-13-11(7-9)12-8-10(2)4-6-14(12)15-13;1-3-7-13-11(5-1)9-10-12-6-2-4-8-14(12)13;1-2-6-12-10-14-8-4-3-7-13(14)9-11(12)5-1;6*1-2/h1-18H;3-8H,1-2H3;2*1-10H;6*1-2H3. The van der Waals surface area contributed by atoms with Crippen LogP contribution in [0.1, 0.15) is 116 Å². The molecule has 0 saturated carbocycles. The van der Waals surface area contributed by atoms with E-state index in [-0.39, 0.29) is 5.41 Å². The summed E-state index contributed by atoms with van der Waals surface area (Å²) in [7, 11) is 0. The van der Waals surface area contributed by atoms with Crippen LogP contribution in [0, 0.1) is 13.8 Å². The predicted molar refractivity (Wildman–Crippen MR) is 358 cm³/mol. The molecule has 0 bridgehead atoms. The Morgan fingerprint density at radius 1 is 0.237 bits per heavy atom. The fraction of sp³-hybridized carbons (Fsp3) is 0.190. The molecule has 0 N–H and O–H groups in total. The van der Waals surface area contributed by atoms with Gasteiger partial charge in [-0.05, 0) is 127 Å². The Labute approximate surface area is 480 Å². The fourth-order valence-corrected chi connectivity index (χ4v) is 10.2. The third-order valence-corrected chi connectivity index (χ3v) is 13.4. The number of rotatable bonds is 2. The second-order valence-corrected chi connectivity index (χ2v) is 17.7. The van der Waals surface area contributed by atoms with Gasteiger partial charge in [0.15, 0.2) is 0 Å². The summed E-state index contributed by atoms with van der Waals surface area (Å²) in [5.74, 6) is 0. The lowest BCUT2D eigenvalue weighted by molar-refractivity contribution is 0.669. The molecule has 1 aliphatic carbocycles. The third kappa shape index (κ3) is 14.0. The Balaban J connectivity index is 0.000000189. The largest absolute Gasteiger partial charge is 0.456 e. The average molecular weight is 1050 g/mol. The number of aryl methyl sites for hydroxylation is 2. The van der Waals surface area contributed by atoms with Gasteiger partial charge in [-0.15, -0.1) is 0 Å². The average Bonchev–Trinajstić information content (AvgIpc) is 4.29. The van der Waals surface area contributed by atoms with Crippen molar-refractivity contribution >= 4 is 65.0 Å². The Morgan fingerprint density at radius 2 is 0.525 bits per heavy atom. The molecule has 12 aromatic carbocycles. The topological polar surface area (TPSA) is 13.1 Å². The lowest BCUT2D eigenvalue weighted by Crippen LogP contribution is -2.28. The molecule has 0 fully saturated rings. The molecule has 0 amide bonds. The Kier molecular flexibility index (Phi) is 25.2. The van der Waals surface area contributed by atoms with Crippen molar-refractivity contribution in [2.75, 3.05) is 0 Å². The van der Waals surface area contributed by atoms with E-state index in [4.69, 9.17) is 4.42 Å². The van der Waals surface area contributed by atoms with Crippen molar-refractivity contribution in [2.45, 2.75) is 102 Å². The van der Waals surface area contributed by atoms with Crippen LogP contribution in [-0.4, -0.2) is 0 Å². The van der Waals surface area contributed by atoms with Crippen LogP contribution in [0.4, 0.5) is 0 Å². The predicted octanol–water partition coefficient (Wildman–Crippen LogP) is 24.4. The molecule has 0 unspecified atom stereocenters. The molecule has 1 heteroatoms. The molecular formula is C79H86O. The number of hydrogen-bond acceptors (Lipinski definition) is 1. The van der Waals surface area contributed by atoms with Crippen molar-refractivity contribution < 1.29 is 4.42 Å². The van der Waals surface area contributed by atoms with Crippen LogP contribution in [0.2, 0.25) is 0 Å². The van der Waals surface area contributed by atoms with Crippen molar-refractivity contribution in [1.82, 2.24) is 0 Å². The van der Waals surface area contributed by atoms with Crippen LogP contribution < -0.4 is 0 Å². The SMILES string of the molecule is CC.CC.CC.CC.CC.CC.Cc1ccc2oc3ccc(C)cc3c2c1.c1ccc(C2(c3ccccc3)c3ccccc3-c3ccccc32)cc1.c1ccc2c(c1)ccc1ccccc12.c1ccc2cc3ccccc3cc2c1. The molecule has 0 radical (unpaired) electrons. The first-order valence-electron chi connectivity index (χ1n) is 29.5. The summed E-state index contributed by atoms with van der Waals surface area (Å²) in [5.41, 5.74) is 12.3. The lowest BCUT2D eigenvalue weighted by Gasteiger charge is -2.33. The van der Waals surface area contributed by atoms with Crippen LogP contribution in [0.25, 0.3) is 76.2 Å². The van der Waals surface area contributed by atoms with Gasteiger partial charge in [-0.1, -0.05) is 325 Å². The molecule has 1 heterocycles. The number of furan rings is 1. The summed E-state index contributed by atoms with van der Waals surface area (Å²) in [4.78, 5) is 0. The van der Waals surface area contributed by atoms with E-state index in [1.165, 1.54) is 98.4 Å². The molecule has 1 aromatic heterocycles. The van der Waals surface area contributed by atoms with Gasteiger partial charge in [0, 0.05) is 10.8 Å². The minimum absolute atomic E-state index is 0.254. The molecule has 14 rings (SSSR count). The number of fused-ring (bicyclic) bond motifs is 11. The fourth-order valence-electron chi connectivity index (χ4n) is 10.2. The Morgan fingerprint density at radius 3 is 0.875 bits per heavy atom. The first-order valence-corrected chi connectivity index (χ1v) is 29.5. The zero-order valence-corrected chi connectivity index (χ0v) is 50.3. The molecule has 0 atom stereocenters. The van der Waals surface area contributed by atoms with Gasteiger partial charge in [0.05, 0.1) is 5.41 Å². The number of hydrogen-bond donors (Lipinski definition) is 0. The molecule has 408 valence electrons. The second kappa shape index (κ2) is 32.4. The molecule has 13 aromatic rings. The quantitative estimate of drug-likeness (QED) is 0.124. The Hall–Kier alpha value is -8.52. The van der Waals surface area contributed by atoms with Crippen LogP contribution in [0.5, 0.6) is 0 Å². The Bertz CT molecular complexity index is 3560. The van der Waals surface area contributed by atoms with E-state index in [9.17, 15) is 0 Å². The molecule has 0 spiro atoms. The molecule has 1 nitrogen and oxygen atoms in total. The van der Waals surface area contributed by atoms with Gasteiger partial charge in [0.25, 0.3) is 0 Å². The summed E-state index contributed by atoms with van der Waals surface area (Å²) in [6, 6.07) is 94.8. The highest BCUT2D eigenvalue weighted by molar-refractivity contribution is 6.07. The minimum atomic E-state index is -0.254. The summed E-state index contributed by atoms with van der Waals surface area (Å²) in [6.45, 7) is 28.2. The first-order chi connectivity index (χ1) is 39.5. The maximum Gasteiger partial charge on any atom is 0.135 e. The van der Waals surface area contributed by atoms with Gasteiger partial charge < -0.3 is 4.42 Å². The van der Waals surface area contributed by atoms with Crippen molar-refractivity contribution in [2.24, 2.45) is 0 Å². The number of benzene rings is 12. The van der Waals surface area contributed by atoms with Gasteiger partial charge in [-0.25, -0.2) is 0 Å². The highest BCUT2D eigenvalue weighted by atomic mass is 16.3. The highest BCUT2D eigenvalue weighted by Gasteiger charge is 2.45. The van der Waals surface area contributed by atoms with Crippen molar-refractivity contribution in [3.63, 3.8) is 0 Å². The van der Waals surface area contributed by atoms with E-state index >= 15 is 0 Å². The normalized spacial score (nSPS) is 10.7. The van der Waals surface area contributed by atoms with E-state index in [2.05, 4.69) is 269 Å². The van der Waals surface area contributed by atoms with Gasteiger partial charge in [0.2, 0.25) is 0 Å². The van der Waals surface area contributed by atoms with Gasteiger partial charge >= 0.3 is 0 Å². The smallest absolute Gasteiger partial charge is 0.135 e. The van der Waals surface area contributed by atoms with E-state index in [0.717, 1.165) is 11.2 Å². The highest BCUT2D eigenvalue weighted by Crippen LogP contribution is 2.55. The third-order valence-electron chi connectivity index (χ3n) is 13.4. The molecule has 80 heavy (non-hydrogen) atoms. The summed E-state index contributed by atoms with van der Waals surface area (Å²) in [5, 5.41) is 13.0. The molecule has 1 aliphatic rings. The lowest BCUT2D eigenvalue weighted by atomic mass is 9.68. The first kappa shape index (κ1) is 62.3. The van der Waals surface area contributed by atoms with Crippen molar-refractivity contribution in [3.8, 4) is 11.1 Å². The van der Waals surface area contributed by atoms with Crippen LogP contribution in [0.15, 0.2) is 271 Å². The van der Waals surface area contributed by atoms with E-state index < -0.39 is 0 Å². The zero-order valence-electron chi connectivity index (χ0n) is 50.3. The van der Waals surface area contributed by atoms with E-state index in [0.29, 0.717) is 0 Å². The zero-order chi connectivity index (χ0) is 57.9.